The molecule has 0 aromatic rings. The minimum absolute atomic E-state index is 0.244. The number of hydrogen-bond donors (Lipinski definition) is 2. The van der Waals surface area contributed by atoms with Crippen LogP contribution in [-0.2, 0) is 9.53 Å². The van der Waals surface area contributed by atoms with Crippen LogP contribution in [0.3, 0.4) is 0 Å². The van der Waals surface area contributed by atoms with E-state index in [-0.39, 0.29) is 5.91 Å². The summed E-state index contributed by atoms with van der Waals surface area (Å²) in [5, 5.41) is 3.18. The number of carbonyl (C=O) groups is 1. The molecule has 82 valence electrons. The third-order valence-corrected chi connectivity index (χ3v) is 2.47. The van der Waals surface area contributed by atoms with Crippen LogP contribution in [0.4, 0.5) is 0 Å². The van der Waals surface area contributed by atoms with Crippen LogP contribution in [0, 0.1) is 0 Å². The predicted octanol–water partition coefficient (Wildman–Crippen LogP) is 0.411. The summed E-state index contributed by atoms with van der Waals surface area (Å²) in [6.07, 6.45) is 5.55. The average molecular weight is 200 g/mol. The lowest BCUT2D eigenvalue weighted by Crippen LogP contribution is -2.27. The van der Waals surface area contributed by atoms with Crippen LogP contribution in [0.5, 0.6) is 0 Å². The Kier molecular flexibility index (Phi) is 5.56. The number of hydrogen-bond acceptors (Lipinski definition) is 3. The van der Waals surface area contributed by atoms with Gasteiger partial charge in [0.2, 0.25) is 5.91 Å². The normalized spacial score (nSPS) is 22.1. The van der Waals surface area contributed by atoms with Gasteiger partial charge in [-0.05, 0) is 32.2 Å². The molecule has 1 atom stereocenters. The Morgan fingerprint density at radius 2 is 2.29 bits per heavy atom. The Morgan fingerprint density at radius 3 is 2.93 bits per heavy atom. The first-order valence-corrected chi connectivity index (χ1v) is 5.39. The molecule has 1 saturated heterocycles. The molecule has 1 aliphatic heterocycles. The van der Waals surface area contributed by atoms with Crippen molar-refractivity contribution in [3.8, 4) is 0 Å². The average Bonchev–Trinajstić information content (AvgIpc) is 2.18. The summed E-state index contributed by atoms with van der Waals surface area (Å²) < 4.78 is 5.57. The van der Waals surface area contributed by atoms with Crippen molar-refractivity contribution in [3.63, 3.8) is 0 Å². The monoisotopic (exact) mass is 200 g/mol. The molecule has 0 aliphatic carbocycles. The fourth-order valence-electron chi connectivity index (χ4n) is 1.63. The molecule has 1 heterocycles. The van der Waals surface area contributed by atoms with Crippen LogP contribution in [-0.4, -0.2) is 31.7 Å². The third kappa shape index (κ3) is 5.19. The summed E-state index contributed by atoms with van der Waals surface area (Å²) in [6.45, 7) is 2.51. The van der Waals surface area contributed by atoms with Gasteiger partial charge in [0.05, 0.1) is 6.10 Å². The minimum atomic E-state index is -0.244. The van der Waals surface area contributed by atoms with E-state index in [4.69, 9.17) is 10.5 Å². The van der Waals surface area contributed by atoms with Crippen molar-refractivity contribution in [2.24, 2.45) is 5.73 Å². The SMILES string of the molecule is NC(=O)CCNCCC1CCCCO1. The van der Waals surface area contributed by atoms with Crippen LogP contribution >= 0.6 is 0 Å². The highest BCUT2D eigenvalue weighted by Gasteiger charge is 2.12. The van der Waals surface area contributed by atoms with Gasteiger partial charge in [0, 0.05) is 19.6 Å². The van der Waals surface area contributed by atoms with Crippen LogP contribution in [0.25, 0.3) is 0 Å². The smallest absolute Gasteiger partial charge is 0.218 e. The van der Waals surface area contributed by atoms with Crippen LogP contribution in [0.15, 0.2) is 0 Å². The molecular formula is C10H20N2O2. The fraction of sp³-hybridized carbons (Fsp3) is 0.900. The van der Waals surface area contributed by atoms with Crippen molar-refractivity contribution in [1.29, 1.82) is 0 Å². The molecule has 0 bridgehead atoms. The molecule has 1 amide bonds. The Morgan fingerprint density at radius 1 is 1.43 bits per heavy atom. The van der Waals surface area contributed by atoms with Gasteiger partial charge in [0.25, 0.3) is 0 Å². The van der Waals surface area contributed by atoms with Crippen LogP contribution in [0.2, 0.25) is 0 Å². The maximum atomic E-state index is 10.4. The highest BCUT2D eigenvalue weighted by Crippen LogP contribution is 2.14. The summed E-state index contributed by atoms with van der Waals surface area (Å²) in [5.41, 5.74) is 5.01. The predicted molar refractivity (Wildman–Crippen MR) is 54.9 cm³/mol. The van der Waals surface area contributed by atoms with Crippen LogP contribution in [0.1, 0.15) is 32.1 Å². The van der Waals surface area contributed by atoms with Gasteiger partial charge < -0.3 is 15.8 Å². The van der Waals surface area contributed by atoms with E-state index in [1.54, 1.807) is 0 Å². The molecule has 14 heavy (non-hydrogen) atoms. The van der Waals surface area contributed by atoms with E-state index in [1.807, 2.05) is 0 Å². The maximum Gasteiger partial charge on any atom is 0.218 e. The molecule has 0 spiro atoms. The molecule has 1 aliphatic rings. The van der Waals surface area contributed by atoms with E-state index in [0.717, 1.165) is 19.6 Å². The van der Waals surface area contributed by atoms with Gasteiger partial charge in [-0.3, -0.25) is 4.79 Å². The molecule has 1 fully saturated rings. The van der Waals surface area contributed by atoms with Gasteiger partial charge in [0.1, 0.15) is 0 Å². The molecule has 4 heteroatoms. The molecule has 3 N–H and O–H groups in total. The number of primary amides is 1. The second-order valence-electron chi connectivity index (χ2n) is 3.74. The van der Waals surface area contributed by atoms with E-state index in [0.29, 0.717) is 19.1 Å². The number of carbonyl (C=O) groups excluding carboxylic acids is 1. The lowest BCUT2D eigenvalue weighted by Gasteiger charge is -2.22. The van der Waals surface area contributed by atoms with Gasteiger partial charge in [0.15, 0.2) is 0 Å². The van der Waals surface area contributed by atoms with Crippen molar-refractivity contribution < 1.29 is 9.53 Å². The zero-order chi connectivity index (χ0) is 10.2. The molecule has 0 saturated carbocycles. The van der Waals surface area contributed by atoms with E-state index >= 15 is 0 Å². The van der Waals surface area contributed by atoms with Crippen molar-refractivity contribution in [3.05, 3.63) is 0 Å². The summed E-state index contributed by atoms with van der Waals surface area (Å²) in [4.78, 5) is 10.4. The summed E-state index contributed by atoms with van der Waals surface area (Å²) >= 11 is 0. The molecule has 0 radical (unpaired) electrons. The second kappa shape index (κ2) is 6.79. The topological polar surface area (TPSA) is 64.4 Å². The first-order chi connectivity index (χ1) is 6.79. The van der Waals surface area contributed by atoms with E-state index in [9.17, 15) is 4.79 Å². The molecule has 4 nitrogen and oxygen atoms in total. The summed E-state index contributed by atoms with van der Waals surface area (Å²) in [5.74, 6) is -0.244. The third-order valence-electron chi connectivity index (χ3n) is 2.47. The fourth-order valence-corrected chi connectivity index (χ4v) is 1.63. The van der Waals surface area contributed by atoms with Gasteiger partial charge in [-0.15, -0.1) is 0 Å². The zero-order valence-corrected chi connectivity index (χ0v) is 8.63. The highest BCUT2D eigenvalue weighted by atomic mass is 16.5. The Labute approximate surface area is 85.2 Å². The van der Waals surface area contributed by atoms with Crippen LogP contribution < -0.4 is 11.1 Å². The van der Waals surface area contributed by atoms with Crippen molar-refractivity contribution in [1.82, 2.24) is 5.32 Å². The zero-order valence-electron chi connectivity index (χ0n) is 8.63. The number of rotatable bonds is 6. The van der Waals surface area contributed by atoms with Crippen molar-refractivity contribution >= 4 is 5.91 Å². The van der Waals surface area contributed by atoms with E-state index in [2.05, 4.69) is 5.32 Å². The van der Waals surface area contributed by atoms with Gasteiger partial charge in [-0.25, -0.2) is 0 Å². The van der Waals surface area contributed by atoms with Crippen molar-refractivity contribution in [2.75, 3.05) is 19.7 Å². The number of amides is 1. The summed E-state index contributed by atoms with van der Waals surface area (Å²) in [7, 11) is 0. The highest BCUT2D eigenvalue weighted by molar-refractivity contribution is 5.73. The largest absolute Gasteiger partial charge is 0.378 e. The Bertz CT molecular complexity index is 168. The standard InChI is InChI=1S/C10H20N2O2/c11-10(13)5-7-12-6-4-9-3-1-2-8-14-9/h9,12H,1-8H2,(H2,11,13). The molecule has 1 unspecified atom stereocenters. The molecular weight excluding hydrogens is 180 g/mol. The minimum Gasteiger partial charge on any atom is -0.378 e. The number of nitrogens with two attached hydrogens (primary N) is 1. The Hall–Kier alpha value is -0.610. The molecule has 0 aromatic heterocycles. The molecule has 1 rings (SSSR count). The Balaban J connectivity index is 1.90. The van der Waals surface area contributed by atoms with Gasteiger partial charge in [-0.2, -0.15) is 0 Å². The number of ether oxygens (including phenoxy) is 1. The summed E-state index contributed by atoms with van der Waals surface area (Å²) in [6, 6.07) is 0. The first-order valence-electron chi connectivity index (χ1n) is 5.39. The van der Waals surface area contributed by atoms with Gasteiger partial charge in [-0.1, -0.05) is 0 Å². The second-order valence-corrected chi connectivity index (χ2v) is 3.74. The lowest BCUT2D eigenvalue weighted by molar-refractivity contribution is -0.117. The van der Waals surface area contributed by atoms with E-state index < -0.39 is 0 Å². The quantitative estimate of drug-likeness (QED) is 0.610. The lowest BCUT2D eigenvalue weighted by atomic mass is 10.1. The van der Waals surface area contributed by atoms with Gasteiger partial charge >= 0.3 is 0 Å². The van der Waals surface area contributed by atoms with E-state index in [1.165, 1.54) is 19.3 Å². The molecule has 0 aromatic carbocycles. The first kappa shape index (κ1) is 11.5. The number of nitrogens with one attached hydrogen (secondary N) is 1. The van der Waals surface area contributed by atoms with Crippen molar-refractivity contribution in [2.45, 2.75) is 38.2 Å². The maximum absolute atomic E-state index is 10.4.